The van der Waals surface area contributed by atoms with Gasteiger partial charge in [0.25, 0.3) is 5.56 Å². The van der Waals surface area contributed by atoms with E-state index in [1.165, 1.54) is 23.7 Å². The molecule has 3 rings (SSSR count). The third-order valence-electron chi connectivity index (χ3n) is 4.61. The highest BCUT2D eigenvalue weighted by Gasteiger charge is 2.32. The zero-order chi connectivity index (χ0) is 18.4. The lowest BCUT2D eigenvalue weighted by atomic mass is 9.99. The molecule has 0 unspecified atom stereocenters. The Balaban J connectivity index is 2.02. The fourth-order valence-corrected chi connectivity index (χ4v) is 3.12. The number of nitrogens with zero attached hydrogens (tertiary/aromatic N) is 3. The molecule has 1 aromatic heterocycles. The van der Waals surface area contributed by atoms with Crippen LogP contribution in [0, 0.1) is 0 Å². The van der Waals surface area contributed by atoms with E-state index in [0.717, 1.165) is 28.7 Å². The van der Waals surface area contributed by atoms with Crippen molar-refractivity contribution in [2.75, 3.05) is 11.4 Å². The van der Waals surface area contributed by atoms with Gasteiger partial charge in [-0.2, -0.15) is 13.2 Å². The van der Waals surface area contributed by atoms with Crippen molar-refractivity contribution < 1.29 is 13.2 Å². The largest absolute Gasteiger partial charge is 0.416 e. The maximum atomic E-state index is 13.0. The molecule has 1 aliphatic heterocycles. The first-order valence-electron chi connectivity index (χ1n) is 7.89. The van der Waals surface area contributed by atoms with Gasteiger partial charge in [-0.25, -0.2) is 4.79 Å². The highest BCUT2D eigenvalue weighted by Crippen LogP contribution is 2.36. The van der Waals surface area contributed by atoms with Crippen LogP contribution in [0.4, 0.5) is 18.9 Å². The first-order chi connectivity index (χ1) is 11.7. The number of aryl methyl sites for hydroxylation is 1. The molecule has 8 heteroatoms. The summed E-state index contributed by atoms with van der Waals surface area (Å²) in [6.07, 6.45) is -2.90. The molecule has 1 aliphatic rings. The molecule has 1 aromatic carbocycles. The highest BCUT2D eigenvalue weighted by atomic mass is 19.4. The zero-order valence-corrected chi connectivity index (χ0v) is 13.9. The number of benzene rings is 1. The second-order valence-electron chi connectivity index (χ2n) is 6.24. The number of hydrogen-bond donors (Lipinski definition) is 0. The van der Waals surface area contributed by atoms with Crippen molar-refractivity contribution in [2.45, 2.75) is 25.6 Å². The SMILES string of the molecule is Cn1c(CN2CCCc3ccc(C(F)(F)F)cc32)cc(=O)n(C)c1=O. The Bertz CT molecular complexity index is 928. The Morgan fingerprint density at radius 2 is 1.80 bits per heavy atom. The molecule has 0 saturated heterocycles. The van der Waals surface area contributed by atoms with Gasteiger partial charge in [0.15, 0.2) is 0 Å². The minimum Gasteiger partial charge on any atom is -0.365 e. The van der Waals surface area contributed by atoms with Gasteiger partial charge in [-0.1, -0.05) is 6.07 Å². The number of aromatic nitrogens is 2. The van der Waals surface area contributed by atoms with E-state index in [4.69, 9.17) is 0 Å². The minimum atomic E-state index is -4.41. The Morgan fingerprint density at radius 1 is 1.08 bits per heavy atom. The highest BCUT2D eigenvalue weighted by molar-refractivity contribution is 5.57. The molecule has 2 aromatic rings. The van der Waals surface area contributed by atoms with E-state index in [1.807, 2.05) is 0 Å². The van der Waals surface area contributed by atoms with Crippen molar-refractivity contribution in [1.82, 2.24) is 9.13 Å². The normalized spacial score (nSPS) is 14.5. The number of alkyl halides is 3. The van der Waals surface area contributed by atoms with E-state index in [0.29, 0.717) is 24.3 Å². The van der Waals surface area contributed by atoms with Crippen LogP contribution in [0.25, 0.3) is 0 Å². The first kappa shape index (κ1) is 17.3. The third kappa shape index (κ3) is 3.20. The standard InChI is InChI=1S/C17H18F3N3O2/c1-21-13(9-15(24)22(2)16(21)25)10-23-7-3-4-11-5-6-12(8-14(11)23)17(18,19)20/h5-6,8-9H,3-4,7,10H2,1-2H3. The van der Waals surface area contributed by atoms with Crippen LogP contribution in [0.3, 0.4) is 0 Å². The number of halogens is 3. The Kier molecular flexibility index (Phi) is 4.22. The van der Waals surface area contributed by atoms with Gasteiger partial charge in [0.1, 0.15) is 0 Å². The van der Waals surface area contributed by atoms with Crippen molar-refractivity contribution in [1.29, 1.82) is 0 Å². The van der Waals surface area contributed by atoms with E-state index in [9.17, 15) is 22.8 Å². The lowest BCUT2D eigenvalue weighted by Crippen LogP contribution is -2.40. The van der Waals surface area contributed by atoms with Crippen LogP contribution in [-0.4, -0.2) is 15.7 Å². The molecule has 0 bridgehead atoms. The van der Waals surface area contributed by atoms with E-state index >= 15 is 0 Å². The topological polar surface area (TPSA) is 47.2 Å². The van der Waals surface area contributed by atoms with Crippen LogP contribution in [-0.2, 0) is 33.2 Å². The number of anilines is 1. The van der Waals surface area contributed by atoms with Crippen molar-refractivity contribution in [3.63, 3.8) is 0 Å². The van der Waals surface area contributed by atoms with Crippen molar-refractivity contribution in [3.05, 3.63) is 61.9 Å². The molecule has 5 nitrogen and oxygen atoms in total. The molecule has 134 valence electrons. The Morgan fingerprint density at radius 3 is 2.48 bits per heavy atom. The quantitative estimate of drug-likeness (QED) is 0.830. The molecule has 0 amide bonds. The van der Waals surface area contributed by atoms with Crippen LogP contribution >= 0.6 is 0 Å². The van der Waals surface area contributed by atoms with Gasteiger partial charge in [0.2, 0.25) is 0 Å². The maximum Gasteiger partial charge on any atom is 0.416 e. The molecule has 0 spiro atoms. The maximum absolute atomic E-state index is 13.0. The van der Waals surface area contributed by atoms with E-state index < -0.39 is 23.0 Å². The molecule has 0 atom stereocenters. The van der Waals surface area contributed by atoms with Gasteiger partial charge >= 0.3 is 11.9 Å². The fourth-order valence-electron chi connectivity index (χ4n) is 3.12. The van der Waals surface area contributed by atoms with Gasteiger partial charge in [-0.3, -0.25) is 13.9 Å². The van der Waals surface area contributed by atoms with Gasteiger partial charge in [0, 0.05) is 38.1 Å². The predicted molar refractivity (Wildman–Crippen MR) is 87.7 cm³/mol. The fraction of sp³-hybridized carbons (Fsp3) is 0.412. The van der Waals surface area contributed by atoms with Crippen LogP contribution in [0.2, 0.25) is 0 Å². The molecule has 25 heavy (non-hydrogen) atoms. The van der Waals surface area contributed by atoms with E-state index in [2.05, 4.69) is 0 Å². The summed E-state index contributed by atoms with van der Waals surface area (Å²) in [6, 6.07) is 5.10. The van der Waals surface area contributed by atoms with Crippen molar-refractivity contribution in [3.8, 4) is 0 Å². The molecular weight excluding hydrogens is 335 g/mol. The van der Waals surface area contributed by atoms with Crippen LogP contribution in [0.15, 0.2) is 33.9 Å². The molecule has 0 fully saturated rings. The lowest BCUT2D eigenvalue weighted by molar-refractivity contribution is -0.137. The summed E-state index contributed by atoms with van der Waals surface area (Å²) in [6.45, 7) is 0.772. The summed E-state index contributed by atoms with van der Waals surface area (Å²) in [5.41, 5.74) is 0.236. The van der Waals surface area contributed by atoms with Crippen LogP contribution in [0.5, 0.6) is 0 Å². The van der Waals surface area contributed by atoms with Gasteiger partial charge in [0.05, 0.1) is 12.1 Å². The van der Waals surface area contributed by atoms with Crippen LogP contribution in [0.1, 0.15) is 23.2 Å². The molecular formula is C17H18F3N3O2. The zero-order valence-electron chi connectivity index (χ0n) is 13.9. The summed E-state index contributed by atoms with van der Waals surface area (Å²) < 4.78 is 41.4. The monoisotopic (exact) mass is 353 g/mol. The lowest BCUT2D eigenvalue weighted by Gasteiger charge is -2.32. The van der Waals surface area contributed by atoms with Gasteiger partial charge < -0.3 is 4.90 Å². The number of rotatable bonds is 2. The molecule has 0 N–H and O–H groups in total. The van der Waals surface area contributed by atoms with E-state index in [1.54, 1.807) is 11.9 Å². The Labute approximate surface area is 141 Å². The van der Waals surface area contributed by atoms with Crippen molar-refractivity contribution in [2.24, 2.45) is 14.1 Å². The van der Waals surface area contributed by atoms with Crippen LogP contribution < -0.4 is 16.1 Å². The average molecular weight is 353 g/mol. The summed E-state index contributed by atoms with van der Waals surface area (Å²) in [5, 5.41) is 0. The smallest absolute Gasteiger partial charge is 0.365 e. The number of hydrogen-bond acceptors (Lipinski definition) is 3. The Hall–Kier alpha value is -2.51. The molecule has 0 saturated carbocycles. The summed E-state index contributed by atoms with van der Waals surface area (Å²) in [5.74, 6) is 0. The number of fused-ring (bicyclic) bond motifs is 1. The molecule has 2 heterocycles. The van der Waals surface area contributed by atoms with Gasteiger partial charge in [-0.15, -0.1) is 0 Å². The predicted octanol–water partition coefficient (Wildman–Crippen LogP) is 2.06. The third-order valence-corrected chi connectivity index (χ3v) is 4.61. The molecule has 0 aliphatic carbocycles. The van der Waals surface area contributed by atoms with E-state index in [-0.39, 0.29) is 6.54 Å². The summed E-state index contributed by atoms with van der Waals surface area (Å²) in [7, 11) is 2.94. The summed E-state index contributed by atoms with van der Waals surface area (Å²) in [4.78, 5) is 25.7. The minimum absolute atomic E-state index is 0.204. The summed E-state index contributed by atoms with van der Waals surface area (Å²) >= 11 is 0. The average Bonchev–Trinajstić information content (AvgIpc) is 2.56. The molecule has 0 radical (unpaired) electrons. The van der Waals surface area contributed by atoms with Gasteiger partial charge in [-0.05, 0) is 30.5 Å². The second-order valence-corrected chi connectivity index (χ2v) is 6.24. The first-order valence-corrected chi connectivity index (χ1v) is 7.89. The second kappa shape index (κ2) is 6.09. The van der Waals surface area contributed by atoms with Crippen molar-refractivity contribution >= 4 is 5.69 Å².